The van der Waals surface area contributed by atoms with E-state index in [4.69, 9.17) is 18.4 Å². The average Bonchev–Trinajstić information content (AvgIpc) is 2.18. The van der Waals surface area contributed by atoms with Crippen LogP contribution in [-0.4, -0.2) is 39.7 Å². The van der Waals surface area contributed by atoms with Crippen molar-refractivity contribution in [3.05, 3.63) is 11.3 Å². The van der Waals surface area contributed by atoms with Crippen molar-refractivity contribution in [2.24, 2.45) is 0 Å². The molecule has 1 N–H and O–H groups in total. The molecule has 5 nitrogen and oxygen atoms in total. The first-order valence-corrected chi connectivity index (χ1v) is 7.16. The van der Waals surface area contributed by atoms with Gasteiger partial charge in [0.1, 0.15) is 0 Å². The van der Waals surface area contributed by atoms with Crippen molar-refractivity contribution in [1.82, 2.24) is 0 Å². The Morgan fingerprint density at radius 2 is 1.50 bits per heavy atom. The van der Waals surface area contributed by atoms with Gasteiger partial charge in [-0.2, -0.15) is 0 Å². The zero-order chi connectivity index (χ0) is 12.6. The molecule has 0 rings (SSSR count). The molecular formula is C10H20O5Si. The lowest BCUT2D eigenvalue weighted by molar-refractivity contribution is -0.132. The second kappa shape index (κ2) is 7.56. The van der Waals surface area contributed by atoms with Crippen LogP contribution in [0, 0.1) is 0 Å². The zero-order valence-electron chi connectivity index (χ0n) is 10.3. The molecule has 0 heterocycles. The van der Waals surface area contributed by atoms with E-state index in [1.165, 1.54) is 12.6 Å². The fourth-order valence-electron chi connectivity index (χ4n) is 1.18. The fourth-order valence-corrected chi connectivity index (χ4v) is 3.54. The van der Waals surface area contributed by atoms with Crippen LogP contribution in [0.1, 0.15) is 27.7 Å². The quantitative estimate of drug-likeness (QED) is 0.522. The second-order valence-corrected chi connectivity index (χ2v) is 5.40. The number of carbonyl (C=O) groups is 1. The summed E-state index contributed by atoms with van der Waals surface area (Å²) in [6.07, 6.45) is 0. The maximum Gasteiger partial charge on any atom is 0.530 e. The van der Waals surface area contributed by atoms with E-state index in [2.05, 4.69) is 0 Å². The predicted molar refractivity (Wildman–Crippen MR) is 62.0 cm³/mol. The highest BCUT2D eigenvalue weighted by Crippen LogP contribution is 2.14. The van der Waals surface area contributed by atoms with E-state index < -0.39 is 14.8 Å². The smallest absolute Gasteiger partial charge is 0.478 e. The minimum absolute atomic E-state index is 0.182. The molecule has 0 bridgehead atoms. The summed E-state index contributed by atoms with van der Waals surface area (Å²) in [5.74, 6) is -0.990. The average molecular weight is 248 g/mol. The summed E-state index contributed by atoms with van der Waals surface area (Å²) >= 11 is 0. The highest BCUT2D eigenvalue weighted by atomic mass is 28.4. The summed E-state index contributed by atoms with van der Waals surface area (Å²) in [5, 5.41) is 8.84. The number of hydrogen-bond donors (Lipinski definition) is 1. The van der Waals surface area contributed by atoms with Gasteiger partial charge in [-0.15, -0.1) is 0 Å². The Morgan fingerprint density at radius 1 is 1.12 bits per heavy atom. The van der Waals surface area contributed by atoms with Gasteiger partial charge in [-0.05, 0) is 33.4 Å². The van der Waals surface area contributed by atoms with Gasteiger partial charge in [0.15, 0.2) is 0 Å². The normalized spacial score (nSPS) is 12.9. The molecule has 0 aromatic heterocycles. The van der Waals surface area contributed by atoms with Gasteiger partial charge in [0.05, 0.1) is 0 Å². The lowest BCUT2D eigenvalue weighted by Gasteiger charge is -2.25. The molecule has 16 heavy (non-hydrogen) atoms. The SMILES string of the molecule is CCO[Si](/C=C(\C)C(=O)O)(OCC)OCC. The van der Waals surface area contributed by atoms with Crippen LogP contribution in [0.25, 0.3) is 0 Å². The first-order valence-electron chi connectivity index (χ1n) is 5.35. The van der Waals surface area contributed by atoms with Crippen molar-refractivity contribution >= 4 is 14.8 Å². The third kappa shape index (κ3) is 4.89. The van der Waals surface area contributed by atoms with Gasteiger partial charge in [-0.25, -0.2) is 4.79 Å². The van der Waals surface area contributed by atoms with Gasteiger partial charge in [-0.3, -0.25) is 0 Å². The van der Waals surface area contributed by atoms with E-state index in [9.17, 15) is 4.79 Å². The standard InChI is InChI=1S/C10H20O5Si/c1-5-13-16(14-6-2,15-7-3)8-9(4)10(11)12/h8H,5-7H2,1-4H3,(H,11,12)/b9-8+. The molecule has 0 saturated carbocycles. The first-order chi connectivity index (χ1) is 7.51. The summed E-state index contributed by atoms with van der Waals surface area (Å²) in [7, 11) is -2.96. The molecule has 0 atom stereocenters. The lowest BCUT2D eigenvalue weighted by Crippen LogP contribution is -2.45. The van der Waals surface area contributed by atoms with Crippen LogP contribution < -0.4 is 0 Å². The molecule has 0 spiro atoms. The van der Waals surface area contributed by atoms with Gasteiger partial charge in [0.25, 0.3) is 0 Å². The van der Waals surface area contributed by atoms with Crippen molar-refractivity contribution in [2.75, 3.05) is 19.8 Å². The predicted octanol–water partition coefficient (Wildman–Crippen LogP) is 1.60. The molecule has 0 fully saturated rings. The molecule has 6 heteroatoms. The van der Waals surface area contributed by atoms with E-state index >= 15 is 0 Å². The Hall–Kier alpha value is -0.693. The van der Waals surface area contributed by atoms with Crippen molar-refractivity contribution < 1.29 is 23.2 Å². The van der Waals surface area contributed by atoms with Gasteiger partial charge < -0.3 is 18.4 Å². The van der Waals surface area contributed by atoms with Crippen LogP contribution in [0.5, 0.6) is 0 Å². The minimum Gasteiger partial charge on any atom is -0.478 e. The number of carboxylic acid groups (broad SMARTS) is 1. The minimum atomic E-state index is -2.96. The van der Waals surface area contributed by atoms with Crippen molar-refractivity contribution in [3.8, 4) is 0 Å². The lowest BCUT2D eigenvalue weighted by atomic mass is 10.4. The molecule has 0 saturated heterocycles. The van der Waals surface area contributed by atoms with E-state index in [-0.39, 0.29) is 5.57 Å². The number of aliphatic carboxylic acids is 1. The monoisotopic (exact) mass is 248 g/mol. The van der Waals surface area contributed by atoms with Crippen LogP contribution in [-0.2, 0) is 18.1 Å². The molecule has 0 aromatic carbocycles. The summed E-state index contributed by atoms with van der Waals surface area (Å²) in [6.45, 7) is 8.25. The van der Waals surface area contributed by atoms with Gasteiger partial charge in [-0.1, -0.05) is 0 Å². The van der Waals surface area contributed by atoms with Crippen LogP contribution >= 0.6 is 0 Å². The maximum atomic E-state index is 10.8. The Kier molecular flexibility index (Phi) is 7.23. The third-order valence-electron chi connectivity index (χ3n) is 1.77. The summed E-state index contributed by atoms with van der Waals surface area (Å²) in [4.78, 5) is 10.8. The second-order valence-electron chi connectivity index (χ2n) is 3.04. The summed E-state index contributed by atoms with van der Waals surface area (Å²) in [6, 6.07) is 0. The number of carboxylic acids is 1. The molecule has 0 amide bonds. The third-order valence-corrected chi connectivity index (χ3v) is 4.63. The number of hydrogen-bond acceptors (Lipinski definition) is 4. The van der Waals surface area contributed by atoms with Gasteiger partial charge >= 0.3 is 14.8 Å². The fraction of sp³-hybridized carbons (Fsp3) is 0.700. The van der Waals surface area contributed by atoms with E-state index in [1.54, 1.807) is 0 Å². The zero-order valence-corrected chi connectivity index (χ0v) is 11.3. The molecule has 0 radical (unpaired) electrons. The highest BCUT2D eigenvalue weighted by molar-refractivity contribution is 6.66. The van der Waals surface area contributed by atoms with E-state index in [1.807, 2.05) is 20.8 Å². The number of rotatable bonds is 8. The Balaban J connectivity index is 4.99. The topological polar surface area (TPSA) is 65.0 Å². The van der Waals surface area contributed by atoms with Crippen molar-refractivity contribution in [2.45, 2.75) is 27.7 Å². The van der Waals surface area contributed by atoms with Crippen LogP contribution in [0.2, 0.25) is 0 Å². The Morgan fingerprint density at radius 3 is 1.75 bits per heavy atom. The maximum absolute atomic E-state index is 10.8. The summed E-state index contributed by atoms with van der Waals surface area (Å²) < 4.78 is 16.5. The molecule has 0 unspecified atom stereocenters. The molecule has 94 valence electrons. The largest absolute Gasteiger partial charge is 0.530 e. The van der Waals surface area contributed by atoms with Crippen molar-refractivity contribution in [1.29, 1.82) is 0 Å². The van der Waals surface area contributed by atoms with Gasteiger partial charge in [0.2, 0.25) is 0 Å². The first kappa shape index (κ1) is 15.3. The molecule has 0 aliphatic carbocycles. The highest BCUT2D eigenvalue weighted by Gasteiger charge is 2.38. The van der Waals surface area contributed by atoms with E-state index in [0.29, 0.717) is 19.8 Å². The van der Waals surface area contributed by atoms with Crippen LogP contribution in [0.15, 0.2) is 11.3 Å². The van der Waals surface area contributed by atoms with Gasteiger partial charge in [0, 0.05) is 25.4 Å². The Labute approximate surface area is 97.4 Å². The van der Waals surface area contributed by atoms with Crippen LogP contribution in [0.4, 0.5) is 0 Å². The van der Waals surface area contributed by atoms with E-state index in [0.717, 1.165) is 0 Å². The molecular weight excluding hydrogens is 228 g/mol. The molecule has 0 aliphatic heterocycles. The van der Waals surface area contributed by atoms with Crippen LogP contribution in [0.3, 0.4) is 0 Å². The Bertz CT molecular complexity index is 235. The molecule has 0 aromatic rings. The summed E-state index contributed by atoms with van der Waals surface area (Å²) in [5.41, 5.74) is 1.66. The molecule has 0 aliphatic rings. The van der Waals surface area contributed by atoms with Crippen molar-refractivity contribution in [3.63, 3.8) is 0 Å².